The number of aromatic nitrogens is 1. The first kappa shape index (κ1) is 28.4. The second-order valence-electron chi connectivity index (χ2n) is 11.8. The number of hydrogen-bond donors (Lipinski definition) is 2. The van der Waals surface area contributed by atoms with E-state index in [0.717, 1.165) is 32.5 Å². The minimum atomic E-state index is -1.07. The molecule has 2 bridgehead atoms. The Bertz CT molecular complexity index is 1940. The van der Waals surface area contributed by atoms with Crippen LogP contribution in [0.1, 0.15) is 32.5 Å². The van der Waals surface area contributed by atoms with Crippen LogP contribution < -0.4 is 15.1 Å². The zero-order valence-electron chi connectivity index (χ0n) is 23.3. The predicted octanol–water partition coefficient (Wildman–Crippen LogP) is 5.13. The van der Waals surface area contributed by atoms with Gasteiger partial charge in [-0.1, -0.05) is 17.4 Å². The highest BCUT2D eigenvalue weighted by Crippen LogP contribution is 2.69. The number of carbonyl (C=O) groups excluding carboxylic acids is 3. The number of thioether (sulfide) groups is 1. The maximum absolute atomic E-state index is 13.8. The summed E-state index contributed by atoms with van der Waals surface area (Å²) in [5.41, 5.74) is 0.890. The molecule has 0 radical (unpaired) electrons. The molecule has 13 heteroatoms. The summed E-state index contributed by atoms with van der Waals surface area (Å²) in [5.74, 6) is -3.62. The van der Waals surface area contributed by atoms with Gasteiger partial charge in [-0.25, -0.2) is 9.18 Å². The first-order valence-corrected chi connectivity index (χ1v) is 17.0. The van der Waals surface area contributed by atoms with Crippen molar-refractivity contribution in [1.82, 2.24) is 4.57 Å². The van der Waals surface area contributed by atoms with Crippen LogP contribution in [0.25, 0.3) is 0 Å². The largest absolute Gasteiger partial charge is 0.478 e. The average molecular weight is 662 g/mol. The number of rotatable bonds is 6. The minimum absolute atomic E-state index is 0.0328. The lowest BCUT2D eigenvalue weighted by molar-refractivity contribution is -0.123. The van der Waals surface area contributed by atoms with Gasteiger partial charge in [0.15, 0.2) is 0 Å². The highest BCUT2D eigenvalue weighted by atomic mass is 32.2. The van der Waals surface area contributed by atoms with Crippen LogP contribution in [-0.2, 0) is 20.9 Å². The number of halogens is 1. The molecule has 2 aliphatic heterocycles. The number of thiazole rings is 1. The minimum Gasteiger partial charge on any atom is -0.478 e. The number of thiophene rings is 1. The first-order valence-electron chi connectivity index (χ1n) is 14.4. The van der Waals surface area contributed by atoms with Crippen LogP contribution in [0, 0.1) is 35.4 Å². The van der Waals surface area contributed by atoms with Gasteiger partial charge in [-0.15, -0.1) is 23.1 Å². The Balaban J connectivity index is 1.13. The number of benzene rings is 2. The lowest BCUT2D eigenvalue weighted by Gasteiger charge is -2.42. The predicted molar refractivity (Wildman–Crippen MR) is 167 cm³/mol. The number of imide groups is 1. The summed E-state index contributed by atoms with van der Waals surface area (Å²) in [6.45, 7) is -0.219. The molecule has 45 heavy (non-hydrogen) atoms. The van der Waals surface area contributed by atoms with E-state index < -0.39 is 29.5 Å². The van der Waals surface area contributed by atoms with Gasteiger partial charge >= 0.3 is 10.8 Å². The number of amides is 3. The molecule has 4 heterocycles. The number of hydrogen-bond acceptors (Lipinski definition) is 8. The molecule has 4 aliphatic rings. The van der Waals surface area contributed by atoms with Crippen LogP contribution in [-0.4, -0.2) is 38.6 Å². The lowest BCUT2D eigenvalue weighted by Crippen LogP contribution is -2.43. The summed E-state index contributed by atoms with van der Waals surface area (Å²) in [6.07, 6.45) is 0.736. The molecule has 2 N–H and O–H groups in total. The van der Waals surface area contributed by atoms with Gasteiger partial charge in [-0.3, -0.25) is 28.6 Å². The van der Waals surface area contributed by atoms with Crippen molar-refractivity contribution in [1.29, 1.82) is 0 Å². The monoisotopic (exact) mass is 661 g/mol. The van der Waals surface area contributed by atoms with Crippen molar-refractivity contribution >= 4 is 69.5 Å². The van der Waals surface area contributed by atoms with Crippen LogP contribution in [0.3, 0.4) is 0 Å². The van der Waals surface area contributed by atoms with E-state index in [4.69, 9.17) is 5.11 Å². The van der Waals surface area contributed by atoms with Gasteiger partial charge in [0.05, 0.1) is 28.1 Å². The average Bonchev–Trinajstić information content (AvgIpc) is 3.84. The molecule has 2 aromatic carbocycles. The number of nitrogens with zero attached hydrogens (tertiary/aromatic N) is 2. The standard InChI is InChI=1S/C32H24FN3O6S3/c33-15-5-9-17(10-6-15)36-28(38)23-18-12-19(24(23)29(36)39)26-22(18)25(20-2-1-11-43-20)27-30(44-26)35(32(42)45-27)13-21(37)34-16-7-3-14(4-8-16)31(40)41/h1-11,18-19,22-26H,12-13H2,(H,34,37)(H,40,41). The molecular weight excluding hydrogens is 638 g/mol. The molecule has 2 saturated carbocycles. The van der Waals surface area contributed by atoms with Gasteiger partial charge in [0.1, 0.15) is 12.4 Å². The number of nitrogens with one attached hydrogen (secondary N) is 1. The molecule has 7 atom stereocenters. The van der Waals surface area contributed by atoms with E-state index in [2.05, 4.69) is 5.32 Å². The van der Waals surface area contributed by atoms with Crippen LogP contribution in [0.2, 0.25) is 0 Å². The van der Waals surface area contributed by atoms with Gasteiger partial charge in [-0.2, -0.15) is 0 Å². The topological polar surface area (TPSA) is 126 Å². The van der Waals surface area contributed by atoms with E-state index in [1.165, 1.54) is 58.0 Å². The summed E-state index contributed by atoms with van der Waals surface area (Å²) in [5, 5.41) is 14.6. The molecule has 228 valence electrons. The molecule has 3 amide bonds. The molecule has 2 aromatic heterocycles. The van der Waals surface area contributed by atoms with E-state index in [9.17, 15) is 28.4 Å². The van der Waals surface area contributed by atoms with Crippen molar-refractivity contribution in [2.75, 3.05) is 10.2 Å². The summed E-state index contributed by atoms with van der Waals surface area (Å²) in [4.78, 5) is 68.3. The number of carboxylic acids is 1. The fourth-order valence-corrected chi connectivity index (χ4v) is 12.0. The van der Waals surface area contributed by atoms with E-state index in [-0.39, 0.29) is 57.7 Å². The van der Waals surface area contributed by atoms with Gasteiger partial charge in [0, 0.05) is 26.6 Å². The lowest BCUT2D eigenvalue weighted by atomic mass is 9.69. The summed E-state index contributed by atoms with van der Waals surface area (Å²) in [6, 6.07) is 15.2. The summed E-state index contributed by atoms with van der Waals surface area (Å²) < 4.78 is 15.1. The molecule has 3 fully saturated rings. The molecule has 4 aromatic rings. The van der Waals surface area contributed by atoms with Crippen molar-refractivity contribution in [2.45, 2.75) is 29.2 Å². The van der Waals surface area contributed by atoms with Crippen LogP contribution in [0.5, 0.6) is 0 Å². The molecule has 1 saturated heterocycles. The maximum atomic E-state index is 13.8. The Kier molecular flexibility index (Phi) is 6.63. The van der Waals surface area contributed by atoms with E-state index in [1.54, 1.807) is 23.1 Å². The highest BCUT2D eigenvalue weighted by Gasteiger charge is 2.70. The highest BCUT2D eigenvalue weighted by molar-refractivity contribution is 8.00. The first-order chi connectivity index (χ1) is 21.7. The van der Waals surface area contributed by atoms with Gasteiger partial charge in [0.25, 0.3) is 0 Å². The third-order valence-corrected chi connectivity index (χ3v) is 13.3. The van der Waals surface area contributed by atoms with E-state index >= 15 is 0 Å². The number of fused-ring (bicyclic) bond motifs is 9. The Hall–Kier alpha value is -4.07. The Morgan fingerprint density at radius 1 is 0.956 bits per heavy atom. The molecule has 2 aliphatic carbocycles. The smallest absolute Gasteiger partial charge is 0.335 e. The van der Waals surface area contributed by atoms with Crippen molar-refractivity contribution in [3.63, 3.8) is 0 Å². The molecule has 7 unspecified atom stereocenters. The number of carboxylic acid groups (broad SMARTS) is 1. The van der Waals surface area contributed by atoms with Gasteiger partial charge in [-0.05, 0) is 84.2 Å². The zero-order chi connectivity index (χ0) is 31.1. The van der Waals surface area contributed by atoms with Gasteiger partial charge in [0.2, 0.25) is 17.7 Å². The van der Waals surface area contributed by atoms with Crippen LogP contribution in [0.4, 0.5) is 15.8 Å². The second-order valence-corrected chi connectivity index (χ2v) is 14.9. The van der Waals surface area contributed by atoms with Crippen LogP contribution in [0.15, 0.2) is 75.9 Å². The van der Waals surface area contributed by atoms with E-state index in [0.29, 0.717) is 11.4 Å². The fourth-order valence-electron chi connectivity index (χ4n) is 7.93. The normalized spacial score (nSPS) is 27.8. The number of carbonyl (C=O) groups is 4. The maximum Gasteiger partial charge on any atom is 0.335 e. The zero-order valence-corrected chi connectivity index (χ0v) is 25.7. The molecule has 9 nitrogen and oxygen atoms in total. The van der Waals surface area contributed by atoms with Crippen LogP contribution >= 0.6 is 34.4 Å². The van der Waals surface area contributed by atoms with E-state index in [1.807, 2.05) is 17.5 Å². The molecule has 8 rings (SSSR count). The molecule has 0 spiro atoms. The van der Waals surface area contributed by atoms with Gasteiger partial charge < -0.3 is 10.4 Å². The van der Waals surface area contributed by atoms with Crippen molar-refractivity contribution < 1.29 is 28.7 Å². The summed E-state index contributed by atoms with van der Waals surface area (Å²) >= 11 is 4.27. The Morgan fingerprint density at radius 2 is 1.67 bits per heavy atom. The molecular formula is C32H24FN3O6S3. The van der Waals surface area contributed by atoms with Crippen molar-refractivity contribution in [2.24, 2.45) is 29.6 Å². The summed E-state index contributed by atoms with van der Waals surface area (Å²) in [7, 11) is 0. The van der Waals surface area contributed by atoms with Crippen molar-refractivity contribution in [3.05, 3.63) is 96.8 Å². The number of anilines is 2. The quantitative estimate of drug-likeness (QED) is 0.275. The third kappa shape index (κ3) is 4.35. The SMILES string of the molecule is O=C(Cn1c2c(sc1=O)C(c1cccs1)C1C3CC(C1S2)C1C(=O)N(c2ccc(F)cc2)C(=O)C31)Nc1ccc(C(=O)O)cc1. The third-order valence-electron chi connectivity index (χ3n) is 9.60. The Labute approximate surface area is 267 Å². The number of aromatic carboxylic acids is 1. The van der Waals surface area contributed by atoms with Crippen molar-refractivity contribution in [3.8, 4) is 0 Å². The Morgan fingerprint density at radius 3 is 2.33 bits per heavy atom. The fraction of sp³-hybridized carbons (Fsp3) is 0.281. The second kappa shape index (κ2) is 10.5.